The molecular formula is C66H122O6. The molecule has 0 aliphatic carbocycles. The molecule has 0 aliphatic heterocycles. The van der Waals surface area contributed by atoms with E-state index in [1.54, 1.807) is 0 Å². The largest absolute Gasteiger partial charge is 0.462 e. The summed E-state index contributed by atoms with van der Waals surface area (Å²) in [6, 6.07) is 0. The Labute approximate surface area is 448 Å². The number of allylic oxidation sites excluding steroid dienone is 6. The molecule has 0 fully saturated rings. The Morgan fingerprint density at radius 1 is 0.278 bits per heavy atom. The Balaban J connectivity index is 4.33. The molecule has 1 atom stereocenters. The van der Waals surface area contributed by atoms with Crippen LogP contribution in [-0.4, -0.2) is 37.2 Å². The lowest BCUT2D eigenvalue weighted by molar-refractivity contribution is -0.167. The van der Waals surface area contributed by atoms with Gasteiger partial charge in [0, 0.05) is 19.3 Å². The smallest absolute Gasteiger partial charge is 0.306 e. The molecule has 0 aromatic heterocycles. The van der Waals surface area contributed by atoms with Gasteiger partial charge in [-0.05, 0) is 77.0 Å². The average Bonchev–Trinajstić information content (AvgIpc) is 3.38. The molecule has 0 N–H and O–H groups in total. The topological polar surface area (TPSA) is 78.9 Å². The molecule has 0 aromatic rings. The van der Waals surface area contributed by atoms with Crippen molar-refractivity contribution in [2.24, 2.45) is 0 Å². The molecule has 1 unspecified atom stereocenters. The number of rotatable bonds is 59. The number of hydrogen-bond acceptors (Lipinski definition) is 6. The van der Waals surface area contributed by atoms with Gasteiger partial charge in [0.15, 0.2) is 6.10 Å². The predicted octanol–water partition coefficient (Wildman–Crippen LogP) is 21.6. The number of unbranched alkanes of at least 4 members (excludes halogenated alkanes) is 42. The maximum absolute atomic E-state index is 12.9. The van der Waals surface area contributed by atoms with Crippen molar-refractivity contribution >= 4 is 17.9 Å². The molecular weight excluding hydrogens is 889 g/mol. The lowest BCUT2D eigenvalue weighted by Crippen LogP contribution is -2.30. The number of carbonyl (C=O) groups excluding carboxylic acids is 3. The van der Waals surface area contributed by atoms with E-state index in [4.69, 9.17) is 14.2 Å². The van der Waals surface area contributed by atoms with Crippen LogP contribution in [0.3, 0.4) is 0 Å². The zero-order valence-corrected chi connectivity index (χ0v) is 48.5. The van der Waals surface area contributed by atoms with E-state index in [0.29, 0.717) is 19.3 Å². The lowest BCUT2D eigenvalue weighted by atomic mass is 10.0. The van der Waals surface area contributed by atoms with Crippen molar-refractivity contribution in [1.29, 1.82) is 0 Å². The maximum Gasteiger partial charge on any atom is 0.306 e. The first-order valence-electron chi connectivity index (χ1n) is 32.0. The van der Waals surface area contributed by atoms with Gasteiger partial charge in [-0.3, -0.25) is 14.4 Å². The molecule has 0 saturated heterocycles. The van der Waals surface area contributed by atoms with Crippen LogP contribution >= 0.6 is 0 Å². The van der Waals surface area contributed by atoms with Crippen molar-refractivity contribution in [3.05, 3.63) is 36.5 Å². The van der Waals surface area contributed by atoms with E-state index in [1.165, 1.54) is 238 Å². The Kier molecular flexibility index (Phi) is 59.2. The second-order valence-corrected chi connectivity index (χ2v) is 21.7. The number of hydrogen-bond donors (Lipinski definition) is 0. The van der Waals surface area contributed by atoms with Gasteiger partial charge in [-0.1, -0.05) is 288 Å². The molecule has 0 aliphatic rings. The molecule has 422 valence electrons. The molecule has 0 radical (unpaired) electrons. The molecule has 0 spiro atoms. The van der Waals surface area contributed by atoms with Crippen LogP contribution in [-0.2, 0) is 28.6 Å². The second kappa shape index (κ2) is 61.2. The van der Waals surface area contributed by atoms with Gasteiger partial charge in [0.2, 0.25) is 0 Å². The van der Waals surface area contributed by atoms with E-state index in [9.17, 15) is 14.4 Å². The highest BCUT2D eigenvalue weighted by molar-refractivity contribution is 5.71. The van der Waals surface area contributed by atoms with Crippen LogP contribution in [0.15, 0.2) is 36.5 Å². The minimum absolute atomic E-state index is 0.0725. The fourth-order valence-electron chi connectivity index (χ4n) is 9.53. The quantitative estimate of drug-likeness (QED) is 0.0261. The average molecular weight is 1010 g/mol. The SMILES string of the molecule is CCCCC/C=C\C/C=C\CCCCCCCCCC(=O)OC(COC(=O)CCCCCCCCC/C=C\CCCCCCCC)COC(=O)CCCCCCCCCCCCCCCCCCCCCC. The molecule has 0 aromatic carbocycles. The molecule has 6 heteroatoms. The molecule has 0 saturated carbocycles. The monoisotopic (exact) mass is 1010 g/mol. The maximum atomic E-state index is 12.9. The van der Waals surface area contributed by atoms with E-state index in [1.807, 2.05) is 0 Å². The van der Waals surface area contributed by atoms with E-state index in [0.717, 1.165) is 70.6 Å². The van der Waals surface area contributed by atoms with Gasteiger partial charge < -0.3 is 14.2 Å². The van der Waals surface area contributed by atoms with Crippen molar-refractivity contribution in [3.8, 4) is 0 Å². The van der Waals surface area contributed by atoms with Crippen LogP contribution in [0.4, 0.5) is 0 Å². The zero-order chi connectivity index (χ0) is 52.2. The first kappa shape index (κ1) is 69.6. The minimum Gasteiger partial charge on any atom is -0.462 e. The van der Waals surface area contributed by atoms with Crippen molar-refractivity contribution in [2.45, 2.75) is 354 Å². The predicted molar refractivity (Wildman–Crippen MR) is 312 cm³/mol. The van der Waals surface area contributed by atoms with Crippen molar-refractivity contribution in [1.82, 2.24) is 0 Å². The van der Waals surface area contributed by atoms with Crippen LogP contribution in [0.2, 0.25) is 0 Å². The summed E-state index contributed by atoms with van der Waals surface area (Å²) in [7, 11) is 0. The number of carbonyl (C=O) groups is 3. The summed E-state index contributed by atoms with van der Waals surface area (Å²) in [5.41, 5.74) is 0. The standard InChI is InChI=1S/C66H122O6/c1-4-7-10-13-16-19-22-25-28-31-32-33-36-38-41-44-47-50-53-56-59-65(68)71-62-63(72-66(69)60-57-54-51-48-45-42-39-35-30-27-24-21-18-15-12-9-6-3)61-70-64(67)58-55-52-49-46-43-40-37-34-29-26-23-20-17-14-11-8-5-2/h18,21,26-27,29-30,63H,4-17,19-20,22-25,28,31-62H2,1-3H3/b21-18-,29-26-,30-27-. The summed E-state index contributed by atoms with van der Waals surface area (Å²) >= 11 is 0. The molecule has 6 nitrogen and oxygen atoms in total. The van der Waals surface area contributed by atoms with Crippen LogP contribution in [0.1, 0.15) is 348 Å². The van der Waals surface area contributed by atoms with Gasteiger partial charge in [0.1, 0.15) is 13.2 Å². The normalized spacial score (nSPS) is 12.2. The molecule has 0 bridgehead atoms. The molecule has 72 heavy (non-hydrogen) atoms. The summed E-state index contributed by atoms with van der Waals surface area (Å²) in [4.78, 5) is 38.3. The Bertz CT molecular complexity index is 1210. The van der Waals surface area contributed by atoms with Gasteiger partial charge in [0.05, 0.1) is 0 Å². The number of ether oxygens (including phenoxy) is 3. The summed E-state index contributed by atoms with van der Waals surface area (Å²) < 4.78 is 16.9. The fourth-order valence-corrected chi connectivity index (χ4v) is 9.53. The van der Waals surface area contributed by atoms with Crippen LogP contribution in [0.5, 0.6) is 0 Å². The van der Waals surface area contributed by atoms with Gasteiger partial charge in [0.25, 0.3) is 0 Å². The van der Waals surface area contributed by atoms with E-state index in [2.05, 4.69) is 57.2 Å². The summed E-state index contributed by atoms with van der Waals surface area (Å²) in [6.45, 7) is 6.66. The molecule has 0 heterocycles. The van der Waals surface area contributed by atoms with Gasteiger partial charge >= 0.3 is 17.9 Å². The van der Waals surface area contributed by atoms with E-state index < -0.39 is 6.10 Å². The Morgan fingerprint density at radius 2 is 0.500 bits per heavy atom. The van der Waals surface area contributed by atoms with Crippen LogP contribution < -0.4 is 0 Å². The first-order valence-corrected chi connectivity index (χ1v) is 32.0. The third kappa shape index (κ3) is 58.5. The zero-order valence-electron chi connectivity index (χ0n) is 48.5. The van der Waals surface area contributed by atoms with Gasteiger partial charge in [-0.2, -0.15) is 0 Å². The van der Waals surface area contributed by atoms with E-state index in [-0.39, 0.29) is 31.1 Å². The highest BCUT2D eigenvalue weighted by Crippen LogP contribution is 2.17. The molecule has 0 rings (SSSR count). The third-order valence-electron chi connectivity index (χ3n) is 14.4. The lowest BCUT2D eigenvalue weighted by Gasteiger charge is -2.18. The minimum atomic E-state index is -0.776. The van der Waals surface area contributed by atoms with Gasteiger partial charge in [-0.15, -0.1) is 0 Å². The summed E-state index contributed by atoms with van der Waals surface area (Å²) in [6.07, 6.45) is 74.3. The second-order valence-electron chi connectivity index (χ2n) is 21.7. The van der Waals surface area contributed by atoms with Crippen molar-refractivity contribution in [2.75, 3.05) is 13.2 Å². The summed E-state index contributed by atoms with van der Waals surface area (Å²) in [5, 5.41) is 0. The van der Waals surface area contributed by atoms with Crippen LogP contribution in [0.25, 0.3) is 0 Å². The highest BCUT2D eigenvalue weighted by atomic mass is 16.6. The highest BCUT2D eigenvalue weighted by Gasteiger charge is 2.19. The Hall–Kier alpha value is -2.37. The fraction of sp³-hybridized carbons (Fsp3) is 0.864. The first-order chi connectivity index (χ1) is 35.5. The third-order valence-corrected chi connectivity index (χ3v) is 14.4. The van der Waals surface area contributed by atoms with Crippen molar-refractivity contribution < 1.29 is 28.6 Å². The van der Waals surface area contributed by atoms with Crippen molar-refractivity contribution in [3.63, 3.8) is 0 Å². The summed E-state index contributed by atoms with van der Waals surface area (Å²) in [5.74, 6) is -0.861. The molecule has 0 amide bonds. The van der Waals surface area contributed by atoms with E-state index >= 15 is 0 Å². The Morgan fingerprint density at radius 3 is 0.806 bits per heavy atom. The number of esters is 3. The van der Waals surface area contributed by atoms with Crippen LogP contribution in [0, 0.1) is 0 Å². The van der Waals surface area contributed by atoms with Gasteiger partial charge in [-0.25, -0.2) is 0 Å².